The Balaban J connectivity index is 2.22. The molecule has 0 atom stereocenters. The zero-order valence-electron chi connectivity index (χ0n) is 11.4. The fraction of sp³-hybridized carbons (Fsp3) is 0.286. The number of rotatable bonds is 2. The lowest BCUT2D eigenvalue weighted by Gasteiger charge is -2.14. The molecule has 0 fully saturated rings. The summed E-state index contributed by atoms with van der Waals surface area (Å²) in [5.74, 6) is -0.958. The van der Waals surface area contributed by atoms with Crippen LogP contribution in [-0.2, 0) is 5.41 Å². The second-order valence-electron chi connectivity index (χ2n) is 5.47. The van der Waals surface area contributed by atoms with E-state index in [2.05, 4.69) is 15.5 Å². The van der Waals surface area contributed by atoms with Crippen molar-refractivity contribution in [2.24, 2.45) is 0 Å². The molecule has 4 nitrogen and oxygen atoms in total. The number of aromatic nitrogens is 2. The van der Waals surface area contributed by atoms with Crippen LogP contribution in [0.15, 0.2) is 24.3 Å². The molecule has 1 heterocycles. The normalized spacial score (nSPS) is 11.4. The number of carbonyl (C=O) groups is 1. The van der Waals surface area contributed by atoms with Gasteiger partial charge in [0.15, 0.2) is 5.82 Å². The maximum absolute atomic E-state index is 13.6. The Morgan fingerprint density at radius 2 is 2.10 bits per heavy atom. The molecule has 0 spiro atoms. The highest BCUT2D eigenvalue weighted by atomic mass is 35.5. The average molecular weight is 296 g/mol. The maximum Gasteiger partial charge on any atom is 0.261 e. The quantitative estimate of drug-likeness (QED) is 0.886. The van der Waals surface area contributed by atoms with Crippen molar-refractivity contribution in [3.63, 3.8) is 0 Å². The summed E-state index contributed by atoms with van der Waals surface area (Å²) in [6, 6.07) is 5.81. The van der Waals surface area contributed by atoms with Gasteiger partial charge in [-0.3, -0.25) is 9.89 Å². The van der Waals surface area contributed by atoms with Crippen LogP contribution < -0.4 is 5.32 Å². The highest BCUT2D eigenvalue weighted by Crippen LogP contribution is 2.23. The first-order valence-electron chi connectivity index (χ1n) is 6.10. The number of amides is 1. The Labute approximate surface area is 121 Å². The monoisotopic (exact) mass is 295 g/mol. The third-order valence-corrected chi connectivity index (χ3v) is 3.13. The summed E-state index contributed by atoms with van der Waals surface area (Å²) in [4.78, 5) is 12.0. The Hall–Kier alpha value is -1.88. The van der Waals surface area contributed by atoms with Gasteiger partial charge in [0, 0.05) is 17.2 Å². The lowest BCUT2D eigenvalue weighted by atomic mass is 9.92. The first kappa shape index (κ1) is 14.5. The van der Waals surface area contributed by atoms with E-state index in [0.29, 0.717) is 5.82 Å². The van der Waals surface area contributed by atoms with E-state index in [4.69, 9.17) is 11.6 Å². The molecule has 0 aliphatic heterocycles. The van der Waals surface area contributed by atoms with Crippen LogP contribution in [0.2, 0.25) is 5.02 Å². The molecule has 1 aromatic carbocycles. The van der Waals surface area contributed by atoms with Gasteiger partial charge >= 0.3 is 0 Å². The molecule has 0 radical (unpaired) electrons. The molecule has 2 rings (SSSR count). The first-order valence-corrected chi connectivity index (χ1v) is 6.48. The van der Waals surface area contributed by atoms with Crippen LogP contribution in [0.5, 0.6) is 0 Å². The topological polar surface area (TPSA) is 57.8 Å². The van der Waals surface area contributed by atoms with Crippen LogP contribution in [-0.4, -0.2) is 16.1 Å². The first-order chi connectivity index (χ1) is 9.29. The fourth-order valence-corrected chi connectivity index (χ4v) is 1.91. The molecule has 0 saturated carbocycles. The van der Waals surface area contributed by atoms with Gasteiger partial charge in [-0.1, -0.05) is 38.4 Å². The maximum atomic E-state index is 13.6. The van der Waals surface area contributed by atoms with E-state index in [1.807, 2.05) is 20.8 Å². The molecule has 0 aliphatic rings. The fourth-order valence-electron chi connectivity index (χ4n) is 1.66. The molecule has 0 saturated heterocycles. The van der Waals surface area contributed by atoms with Crippen molar-refractivity contribution in [1.29, 1.82) is 0 Å². The summed E-state index contributed by atoms with van der Waals surface area (Å²) in [5.41, 5.74) is 0.563. The number of anilines is 1. The molecular weight excluding hydrogens is 281 g/mol. The molecule has 1 amide bonds. The zero-order chi connectivity index (χ0) is 14.9. The van der Waals surface area contributed by atoms with E-state index in [0.717, 1.165) is 5.69 Å². The van der Waals surface area contributed by atoms with Crippen LogP contribution in [0.25, 0.3) is 0 Å². The van der Waals surface area contributed by atoms with Gasteiger partial charge in [-0.15, -0.1) is 0 Å². The largest absolute Gasteiger partial charge is 0.305 e. The number of hydrogen-bond acceptors (Lipinski definition) is 2. The van der Waals surface area contributed by atoms with Crippen molar-refractivity contribution in [2.45, 2.75) is 26.2 Å². The summed E-state index contributed by atoms with van der Waals surface area (Å²) < 4.78 is 13.6. The number of aromatic amines is 1. The number of halogens is 2. The summed E-state index contributed by atoms with van der Waals surface area (Å²) in [6.07, 6.45) is 0. The van der Waals surface area contributed by atoms with Crippen LogP contribution in [0.1, 0.15) is 36.8 Å². The molecular formula is C14H15ClFN3O. The van der Waals surface area contributed by atoms with E-state index < -0.39 is 11.7 Å². The Kier molecular flexibility index (Phi) is 3.81. The molecule has 0 unspecified atom stereocenters. The summed E-state index contributed by atoms with van der Waals surface area (Å²) in [6.45, 7) is 6.04. The van der Waals surface area contributed by atoms with Gasteiger partial charge in [0.25, 0.3) is 5.91 Å². The van der Waals surface area contributed by atoms with Gasteiger partial charge in [0.2, 0.25) is 0 Å². The highest BCUT2D eigenvalue weighted by molar-refractivity contribution is 6.34. The van der Waals surface area contributed by atoms with Crippen molar-refractivity contribution < 1.29 is 9.18 Å². The van der Waals surface area contributed by atoms with E-state index in [-0.39, 0.29) is 16.0 Å². The standard InChI is InChI=1S/C14H15ClFN3O/c1-14(2,3)10-7-11(19-18-10)17-13(20)12-8(15)5-4-6-9(12)16/h4-7H,1-3H3,(H2,17,18,19,20). The number of hydrogen-bond donors (Lipinski definition) is 2. The number of carbonyl (C=O) groups excluding carboxylic acids is 1. The number of benzene rings is 1. The molecule has 20 heavy (non-hydrogen) atoms. The van der Waals surface area contributed by atoms with Crippen molar-refractivity contribution >= 4 is 23.3 Å². The van der Waals surface area contributed by atoms with Gasteiger partial charge in [0.05, 0.1) is 10.6 Å². The van der Waals surface area contributed by atoms with Crippen LogP contribution in [0.4, 0.5) is 10.2 Å². The van der Waals surface area contributed by atoms with Crippen molar-refractivity contribution in [3.8, 4) is 0 Å². The molecule has 2 N–H and O–H groups in total. The molecule has 6 heteroatoms. The highest BCUT2D eigenvalue weighted by Gasteiger charge is 2.20. The lowest BCUT2D eigenvalue weighted by molar-refractivity contribution is 0.102. The Morgan fingerprint density at radius 3 is 2.65 bits per heavy atom. The number of nitrogens with one attached hydrogen (secondary N) is 2. The SMILES string of the molecule is CC(C)(C)c1cc(NC(=O)c2c(F)cccc2Cl)n[nH]1. The molecule has 0 bridgehead atoms. The average Bonchev–Trinajstić information content (AvgIpc) is 2.76. The molecule has 0 aliphatic carbocycles. The summed E-state index contributed by atoms with van der Waals surface area (Å²) >= 11 is 5.84. The van der Waals surface area contributed by atoms with Crippen LogP contribution in [0.3, 0.4) is 0 Å². The van der Waals surface area contributed by atoms with Gasteiger partial charge < -0.3 is 5.32 Å². The zero-order valence-corrected chi connectivity index (χ0v) is 12.2. The van der Waals surface area contributed by atoms with Crippen molar-refractivity contribution in [1.82, 2.24) is 10.2 Å². The number of nitrogens with zero attached hydrogens (tertiary/aromatic N) is 1. The third-order valence-electron chi connectivity index (χ3n) is 2.82. The van der Waals surface area contributed by atoms with Gasteiger partial charge in [-0.25, -0.2) is 4.39 Å². The second kappa shape index (κ2) is 5.25. The predicted molar refractivity (Wildman–Crippen MR) is 76.7 cm³/mol. The summed E-state index contributed by atoms with van der Waals surface area (Å²) in [7, 11) is 0. The second-order valence-corrected chi connectivity index (χ2v) is 5.87. The minimum Gasteiger partial charge on any atom is -0.305 e. The van der Waals surface area contributed by atoms with E-state index in [1.54, 1.807) is 6.07 Å². The minimum atomic E-state index is -0.665. The molecule has 106 valence electrons. The van der Waals surface area contributed by atoms with Crippen LogP contribution >= 0.6 is 11.6 Å². The van der Waals surface area contributed by atoms with E-state index in [1.165, 1.54) is 18.2 Å². The van der Waals surface area contributed by atoms with Gasteiger partial charge in [-0.2, -0.15) is 5.10 Å². The van der Waals surface area contributed by atoms with E-state index >= 15 is 0 Å². The van der Waals surface area contributed by atoms with Crippen molar-refractivity contribution in [3.05, 3.63) is 46.4 Å². The summed E-state index contributed by atoms with van der Waals surface area (Å²) in [5, 5.41) is 9.42. The Morgan fingerprint density at radius 1 is 1.40 bits per heavy atom. The lowest BCUT2D eigenvalue weighted by Crippen LogP contribution is -2.14. The molecule has 2 aromatic rings. The Bertz CT molecular complexity index is 626. The van der Waals surface area contributed by atoms with E-state index in [9.17, 15) is 9.18 Å². The smallest absolute Gasteiger partial charge is 0.261 e. The van der Waals surface area contributed by atoms with Crippen LogP contribution in [0, 0.1) is 5.82 Å². The molecule has 1 aromatic heterocycles. The van der Waals surface area contributed by atoms with Crippen molar-refractivity contribution in [2.75, 3.05) is 5.32 Å². The predicted octanol–water partition coefficient (Wildman–Crippen LogP) is 3.75. The minimum absolute atomic E-state index is 0.0640. The number of H-pyrrole nitrogens is 1. The third kappa shape index (κ3) is 2.99. The van der Waals surface area contributed by atoms with Gasteiger partial charge in [-0.05, 0) is 12.1 Å². The van der Waals surface area contributed by atoms with Gasteiger partial charge in [0.1, 0.15) is 5.82 Å².